The number of halogens is 1. The number of benzene rings is 1. The normalized spacial score (nSPS) is 16.6. The van der Waals surface area contributed by atoms with Crippen LogP contribution in [-0.4, -0.2) is 50.3 Å². The van der Waals surface area contributed by atoms with Gasteiger partial charge in [0, 0.05) is 30.2 Å². The first-order chi connectivity index (χ1) is 10.1. The quantitative estimate of drug-likeness (QED) is 0.899. The van der Waals surface area contributed by atoms with Crippen LogP contribution in [0.3, 0.4) is 0 Å². The molecule has 0 radical (unpaired) electrons. The van der Waals surface area contributed by atoms with E-state index in [-0.39, 0.29) is 11.9 Å². The van der Waals surface area contributed by atoms with Crippen LogP contribution in [0.4, 0.5) is 0 Å². The Kier molecular flexibility index (Phi) is 5.85. The van der Waals surface area contributed by atoms with Gasteiger partial charge in [0.05, 0.1) is 26.4 Å². The molecule has 1 N–H and O–H groups in total. The highest BCUT2D eigenvalue weighted by molar-refractivity contribution is 6.31. The Bertz CT molecular complexity index is 490. The zero-order chi connectivity index (χ0) is 15.2. The number of hydrogen-bond donors (Lipinski definition) is 1. The molecule has 1 aromatic rings. The molecule has 0 aliphatic carbocycles. The lowest BCUT2D eigenvalue weighted by Crippen LogP contribution is -2.49. The number of ether oxygens (including phenoxy) is 2. The fourth-order valence-electron chi connectivity index (χ4n) is 2.30. The molecule has 1 atom stereocenters. The van der Waals surface area contributed by atoms with Gasteiger partial charge in [-0.3, -0.25) is 4.79 Å². The highest BCUT2D eigenvalue weighted by Gasteiger charge is 2.22. The number of rotatable bonds is 5. The molecule has 0 saturated carbocycles. The minimum Gasteiger partial charge on any atom is -0.496 e. The van der Waals surface area contributed by atoms with Crippen molar-refractivity contribution in [2.45, 2.75) is 19.5 Å². The van der Waals surface area contributed by atoms with Crippen LogP contribution in [0, 0.1) is 0 Å². The summed E-state index contributed by atoms with van der Waals surface area (Å²) in [5.41, 5.74) is 0.864. The Morgan fingerprint density at radius 1 is 1.48 bits per heavy atom. The SMILES string of the molecule is COc1cccc(Cl)c1CNC(C)C(=O)N1CCOCC1. The van der Waals surface area contributed by atoms with Gasteiger partial charge in [-0.2, -0.15) is 0 Å². The molecule has 1 unspecified atom stereocenters. The maximum Gasteiger partial charge on any atom is 0.239 e. The minimum atomic E-state index is -0.274. The molecular formula is C15H21ClN2O3. The Labute approximate surface area is 130 Å². The van der Waals surface area contributed by atoms with Crippen molar-refractivity contribution in [3.8, 4) is 5.75 Å². The maximum absolute atomic E-state index is 12.3. The van der Waals surface area contributed by atoms with Crippen molar-refractivity contribution in [3.05, 3.63) is 28.8 Å². The van der Waals surface area contributed by atoms with E-state index in [0.717, 1.165) is 11.3 Å². The Morgan fingerprint density at radius 2 is 2.19 bits per heavy atom. The van der Waals surface area contributed by atoms with Gasteiger partial charge in [-0.1, -0.05) is 17.7 Å². The summed E-state index contributed by atoms with van der Waals surface area (Å²) in [6.07, 6.45) is 0. The third-order valence-electron chi connectivity index (χ3n) is 3.57. The number of carbonyl (C=O) groups is 1. The van der Waals surface area contributed by atoms with Gasteiger partial charge in [-0.05, 0) is 19.1 Å². The van der Waals surface area contributed by atoms with E-state index in [1.165, 1.54) is 0 Å². The van der Waals surface area contributed by atoms with Crippen molar-refractivity contribution in [1.29, 1.82) is 0 Å². The second-order valence-corrected chi connectivity index (χ2v) is 5.37. The molecule has 1 heterocycles. The number of methoxy groups -OCH3 is 1. The average molecular weight is 313 g/mol. The van der Waals surface area contributed by atoms with Crippen molar-refractivity contribution in [3.63, 3.8) is 0 Å². The number of hydrogen-bond acceptors (Lipinski definition) is 4. The molecule has 0 aromatic heterocycles. The van der Waals surface area contributed by atoms with Crippen LogP contribution in [0.2, 0.25) is 5.02 Å². The first-order valence-corrected chi connectivity index (χ1v) is 7.42. The molecule has 1 aliphatic heterocycles. The molecule has 6 heteroatoms. The van der Waals surface area contributed by atoms with Crippen LogP contribution >= 0.6 is 11.6 Å². The summed E-state index contributed by atoms with van der Waals surface area (Å²) in [7, 11) is 1.61. The van der Waals surface area contributed by atoms with Crippen molar-refractivity contribution < 1.29 is 14.3 Å². The molecule has 1 aromatic carbocycles. The third kappa shape index (κ3) is 4.09. The first kappa shape index (κ1) is 16.1. The van der Waals surface area contributed by atoms with E-state index in [1.807, 2.05) is 30.0 Å². The molecule has 0 bridgehead atoms. The molecule has 1 fully saturated rings. The Balaban J connectivity index is 1.94. The van der Waals surface area contributed by atoms with Crippen LogP contribution in [0.1, 0.15) is 12.5 Å². The van der Waals surface area contributed by atoms with Gasteiger partial charge in [-0.25, -0.2) is 0 Å². The van der Waals surface area contributed by atoms with E-state index in [1.54, 1.807) is 7.11 Å². The second kappa shape index (κ2) is 7.64. The summed E-state index contributed by atoms with van der Waals surface area (Å²) >= 11 is 6.19. The zero-order valence-electron chi connectivity index (χ0n) is 12.4. The summed E-state index contributed by atoms with van der Waals surface area (Å²) in [5.74, 6) is 0.811. The highest BCUT2D eigenvalue weighted by atomic mass is 35.5. The van der Waals surface area contributed by atoms with Gasteiger partial charge in [0.2, 0.25) is 5.91 Å². The fraction of sp³-hybridized carbons (Fsp3) is 0.533. The molecule has 21 heavy (non-hydrogen) atoms. The largest absolute Gasteiger partial charge is 0.496 e. The standard InChI is InChI=1S/C15H21ClN2O3/c1-11(15(19)18-6-8-21-9-7-18)17-10-12-13(16)4-3-5-14(12)20-2/h3-5,11,17H,6-10H2,1-2H3. The van der Waals surface area contributed by atoms with Gasteiger partial charge in [-0.15, -0.1) is 0 Å². The van der Waals surface area contributed by atoms with Crippen LogP contribution in [0.15, 0.2) is 18.2 Å². The molecule has 1 amide bonds. The van der Waals surface area contributed by atoms with Gasteiger partial charge >= 0.3 is 0 Å². The summed E-state index contributed by atoms with van der Waals surface area (Å²) in [6, 6.07) is 5.24. The lowest BCUT2D eigenvalue weighted by Gasteiger charge is -2.29. The molecule has 2 rings (SSSR count). The molecule has 116 valence electrons. The predicted molar refractivity (Wildman–Crippen MR) is 81.7 cm³/mol. The van der Waals surface area contributed by atoms with E-state index in [9.17, 15) is 4.79 Å². The maximum atomic E-state index is 12.3. The van der Waals surface area contributed by atoms with Gasteiger partial charge < -0.3 is 19.7 Å². The van der Waals surface area contributed by atoms with Crippen molar-refractivity contribution in [2.24, 2.45) is 0 Å². The Hall–Kier alpha value is -1.30. The van der Waals surface area contributed by atoms with Crippen molar-refractivity contribution in [2.75, 3.05) is 33.4 Å². The Morgan fingerprint density at radius 3 is 2.86 bits per heavy atom. The highest BCUT2D eigenvalue weighted by Crippen LogP contribution is 2.26. The topological polar surface area (TPSA) is 50.8 Å². The first-order valence-electron chi connectivity index (χ1n) is 7.04. The summed E-state index contributed by atoms with van der Waals surface area (Å²) < 4.78 is 10.6. The lowest BCUT2D eigenvalue weighted by molar-refractivity contribution is -0.137. The third-order valence-corrected chi connectivity index (χ3v) is 3.93. The van der Waals surface area contributed by atoms with Crippen LogP contribution in [-0.2, 0) is 16.1 Å². The molecule has 1 saturated heterocycles. The number of morpholine rings is 1. The van der Waals surface area contributed by atoms with E-state index in [0.29, 0.717) is 37.9 Å². The molecular weight excluding hydrogens is 292 g/mol. The zero-order valence-corrected chi connectivity index (χ0v) is 13.2. The number of amides is 1. The van der Waals surface area contributed by atoms with Crippen LogP contribution < -0.4 is 10.1 Å². The number of nitrogens with zero attached hydrogens (tertiary/aromatic N) is 1. The van der Waals surface area contributed by atoms with Gasteiger partial charge in [0.15, 0.2) is 0 Å². The molecule has 0 spiro atoms. The van der Waals surface area contributed by atoms with Crippen LogP contribution in [0.5, 0.6) is 5.75 Å². The predicted octanol–water partition coefficient (Wildman–Crippen LogP) is 1.69. The van der Waals surface area contributed by atoms with E-state index in [2.05, 4.69) is 5.32 Å². The minimum absolute atomic E-state index is 0.0873. The number of nitrogens with one attached hydrogen (secondary N) is 1. The average Bonchev–Trinajstić information content (AvgIpc) is 2.53. The summed E-state index contributed by atoms with van der Waals surface area (Å²) in [6.45, 7) is 4.87. The fourth-order valence-corrected chi connectivity index (χ4v) is 2.53. The van der Waals surface area contributed by atoms with Gasteiger partial charge in [0.1, 0.15) is 5.75 Å². The summed E-state index contributed by atoms with van der Waals surface area (Å²) in [4.78, 5) is 14.1. The van der Waals surface area contributed by atoms with E-state index < -0.39 is 0 Å². The van der Waals surface area contributed by atoms with Gasteiger partial charge in [0.25, 0.3) is 0 Å². The van der Waals surface area contributed by atoms with Crippen molar-refractivity contribution in [1.82, 2.24) is 10.2 Å². The smallest absolute Gasteiger partial charge is 0.239 e. The van der Waals surface area contributed by atoms with Crippen LogP contribution in [0.25, 0.3) is 0 Å². The number of carbonyl (C=O) groups excluding carboxylic acids is 1. The van der Waals surface area contributed by atoms with E-state index in [4.69, 9.17) is 21.1 Å². The molecule has 5 nitrogen and oxygen atoms in total. The monoisotopic (exact) mass is 312 g/mol. The van der Waals surface area contributed by atoms with Crippen molar-refractivity contribution >= 4 is 17.5 Å². The van der Waals surface area contributed by atoms with E-state index >= 15 is 0 Å². The summed E-state index contributed by atoms with van der Waals surface area (Å²) in [5, 5.41) is 3.85. The molecule has 1 aliphatic rings. The second-order valence-electron chi connectivity index (χ2n) is 4.96. The lowest BCUT2D eigenvalue weighted by atomic mass is 10.1.